The van der Waals surface area contributed by atoms with Crippen LogP contribution in [0, 0.1) is 5.82 Å². The topological polar surface area (TPSA) is 126 Å². The quantitative estimate of drug-likeness (QED) is 0.236. The van der Waals surface area contributed by atoms with Crippen LogP contribution in [0.2, 0.25) is 0 Å². The van der Waals surface area contributed by atoms with Gasteiger partial charge in [-0.2, -0.15) is 0 Å². The van der Waals surface area contributed by atoms with Crippen LogP contribution < -0.4 is 4.72 Å². The lowest BCUT2D eigenvalue weighted by Gasteiger charge is -2.14. The highest BCUT2D eigenvalue weighted by molar-refractivity contribution is 7.77. The minimum absolute atomic E-state index is 0.00989. The minimum atomic E-state index is -2.42. The number of carboxylic acid groups (broad SMARTS) is 1. The van der Waals surface area contributed by atoms with Gasteiger partial charge in [-0.1, -0.05) is 26.0 Å². The van der Waals surface area contributed by atoms with Gasteiger partial charge in [0.2, 0.25) is 0 Å². The molecule has 0 aliphatic carbocycles. The van der Waals surface area contributed by atoms with Gasteiger partial charge in [0.15, 0.2) is 0 Å². The number of halogens is 1. The van der Waals surface area contributed by atoms with E-state index < -0.39 is 23.1 Å². The van der Waals surface area contributed by atoms with Gasteiger partial charge in [-0.05, 0) is 47.4 Å². The maximum Gasteiger partial charge on any atom is 0.352 e. The van der Waals surface area contributed by atoms with Crippen LogP contribution >= 0.6 is 0 Å². The third-order valence-corrected chi connectivity index (χ3v) is 6.53. The molecule has 3 heterocycles. The van der Waals surface area contributed by atoms with Crippen molar-refractivity contribution in [3.63, 3.8) is 0 Å². The summed E-state index contributed by atoms with van der Waals surface area (Å²) in [6.45, 7) is 3.97. The van der Waals surface area contributed by atoms with E-state index in [0.29, 0.717) is 27.9 Å². The van der Waals surface area contributed by atoms with E-state index in [1.165, 1.54) is 12.1 Å². The first-order chi connectivity index (χ1) is 16.8. The Morgan fingerprint density at radius 3 is 2.71 bits per heavy atom. The normalized spacial score (nSPS) is 12.7. The maximum absolute atomic E-state index is 14.5. The lowest BCUT2D eigenvalue weighted by atomic mass is 9.89. The van der Waals surface area contributed by atoms with E-state index in [-0.39, 0.29) is 18.3 Å². The predicted molar refractivity (Wildman–Crippen MR) is 132 cm³/mol. The molecule has 0 amide bonds. The first kappa shape index (κ1) is 23.0. The number of aromatic carboxylic acids is 1. The number of H-pyrrole nitrogens is 2. The Labute approximate surface area is 202 Å². The molecule has 10 heteroatoms. The van der Waals surface area contributed by atoms with E-state index in [1.807, 2.05) is 38.1 Å². The van der Waals surface area contributed by atoms with E-state index >= 15 is 0 Å². The molecule has 2 aromatic carbocycles. The molecule has 0 saturated carbocycles. The van der Waals surface area contributed by atoms with Crippen LogP contribution in [0.5, 0.6) is 0 Å². The first-order valence-electron chi connectivity index (χ1n) is 10.9. The lowest BCUT2D eigenvalue weighted by molar-refractivity contribution is 0.0692. The standard InChI is InChI=1S/C25H23FN4O4S/c1-13(2)21-22(17-4-3-5-20-16(17)7-9-30(20)12-28-35(33)34)24(25(31)32)29-23(21)18-10-14(26)11-19-15(18)6-8-27-19/h3-11,13,27-29H,12H2,1-2H3,(H,31,32)(H,33,34)/p-1. The van der Waals surface area contributed by atoms with Crippen LogP contribution in [-0.2, 0) is 17.9 Å². The van der Waals surface area contributed by atoms with Crippen molar-refractivity contribution < 1.29 is 23.1 Å². The zero-order valence-corrected chi connectivity index (χ0v) is 19.7. The van der Waals surface area contributed by atoms with Gasteiger partial charge >= 0.3 is 5.97 Å². The average molecular weight is 494 g/mol. The molecule has 0 spiro atoms. The molecule has 180 valence electrons. The monoisotopic (exact) mass is 493 g/mol. The molecule has 35 heavy (non-hydrogen) atoms. The largest absolute Gasteiger partial charge is 0.760 e. The van der Waals surface area contributed by atoms with Crippen LogP contribution in [0.15, 0.2) is 54.9 Å². The second kappa shape index (κ2) is 8.81. The summed E-state index contributed by atoms with van der Waals surface area (Å²) in [5.41, 5.74) is 4.47. The molecule has 0 saturated heterocycles. The molecule has 0 radical (unpaired) electrons. The number of nitrogens with one attached hydrogen (secondary N) is 3. The summed E-state index contributed by atoms with van der Waals surface area (Å²) in [5.74, 6) is -1.65. The molecule has 3 aromatic heterocycles. The van der Waals surface area contributed by atoms with Crippen molar-refractivity contribution >= 4 is 39.0 Å². The smallest absolute Gasteiger partial charge is 0.352 e. The summed E-state index contributed by atoms with van der Waals surface area (Å²) < 4.78 is 40.5. The van der Waals surface area contributed by atoms with Gasteiger partial charge in [0.05, 0.1) is 12.4 Å². The van der Waals surface area contributed by atoms with Crippen molar-refractivity contribution in [2.75, 3.05) is 0 Å². The zero-order chi connectivity index (χ0) is 24.9. The molecule has 5 rings (SSSR count). The van der Waals surface area contributed by atoms with Crippen LogP contribution in [0.4, 0.5) is 4.39 Å². The number of hydrogen-bond donors (Lipinski definition) is 4. The molecule has 0 aliphatic heterocycles. The van der Waals surface area contributed by atoms with Crippen molar-refractivity contribution in [2.45, 2.75) is 26.4 Å². The fourth-order valence-corrected chi connectivity index (χ4v) is 5.03. The molecule has 5 aromatic rings. The fourth-order valence-electron chi connectivity index (χ4n) is 4.78. The first-order valence-corrected chi connectivity index (χ1v) is 12.0. The number of nitrogens with zero attached hydrogens (tertiary/aromatic N) is 1. The Morgan fingerprint density at radius 2 is 2.00 bits per heavy atom. The van der Waals surface area contributed by atoms with Gasteiger partial charge in [-0.3, -0.25) is 4.21 Å². The number of aromatic amines is 2. The lowest BCUT2D eigenvalue weighted by Crippen LogP contribution is -2.19. The third kappa shape index (κ3) is 3.95. The van der Waals surface area contributed by atoms with Crippen LogP contribution in [0.1, 0.15) is 35.8 Å². The summed E-state index contributed by atoms with van der Waals surface area (Å²) in [6, 6.07) is 12.0. The van der Waals surface area contributed by atoms with Crippen LogP contribution in [0.25, 0.3) is 44.2 Å². The van der Waals surface area contributed by atoms with Crippen LogP contribution in [0.3, 0.4) is 0 Å². The SMILES string of the molecule is CC(C)c1c(-c2cc(F)cc3[nH]ccc23)[nH]c(C(=O)O)c1-c1cccc2c1ccn2CNS(=O)[O-]. The maximum atomic E-state index is 14.5. The molecule has 0 aliphatic rings. The van der Waals surface area contributed by atoms with Crippen LogP contribution in [-0.4, -0.2) is 34.4 Å². The molecule has 0 bridgehead atoms. The van der Waals surface area contributed by atoms with Crippen molar-refractivity contribution in [1.29, 1.82) is 0 Å². The third-order valence-electron chi connectivity index (χ3n) is 6.17. The number of carbonyl (C=O) groups is 1. The summed E-state index contributed by atoms with van der Waals surface area (Å²) in [6.07, 6.45) is 3.46. The van der Waals surface area contributed by atoms with E-state index in [1.54, 1.807) is 23.0 Å². The Morgan fingerprint density at radius 1 is 1.20 bits per heavy atom. The van der Waals surface area contributed by atoms with Gasteiger partial charge < -0.3 is 24.2 Å². The Hall–Kier alpha value is -3.73. The fraction of sp³-hybridized carbons (Fsp3) is 0.160. The number of hydrogen-bond acceptors (Lipinski definition) is 3. The molecule has 8 nitrogen and oxygen atoms in total. The molecule has 0 fully saturated rings. The number of benzene rings is 2. The van der Waals surface area contributed by atoms with Gasteiger partial charge in [0.1, 0.15) is 11.5 Å². The Balaban J connectivity index is 1.80. The van der Waals surface area contributed by atoms with E-state index in [4.69, 9.17) is 0 Å². The predicted octanol–water partition coefficient (Wildman–Crippen LogP) is 5.09. The second-order valence-electron chi connectivity index (χ2n) is 8.58. The number of carboxylic acids is 1. The molecule has 4 N–H and O–H groups in total. The molecule has 1 unspecified atom stereocenters. The number of fused-ring (bicyclic) bond motifs is 2. The summed E-state index contributed by atoms with van der Waals surface area (Å²) in [5, 5.41) is 11.7. The van der Waals surface area contributed by atoms with Crippen molar-refractivity contribution in [1.82, 2.24) is 19.3 Å². The summed E-state index contributed by atoms with van der Waals surface area (Å²) >= 11 is -2.42. The molecular weight excluding hydrogens is 471 g/mol. The van der Waals surface area contributed by atoms with Gasteiger partial charge in [0, 0.05) is 56.6 Å². The van der Waals surface area contributed by atoms with E-state index in [9.17, 15) is 23.1 Å². The van der Waals surface area contributed by atoms with Gasteiger partial charge in [-0.15, -0.1) is 0 Å². The van der Waals surface area contributed by atoms with Crippen molar-refractivity contribution in [2.24, 2.45) is 0 Å². The average Bonchev–Trinajstić information content (AvgIpc) is 3.53. The minimum Gasteiger partial charge on any atom is -0.760 e. The van der Waals surface area contributed by atoms with Gasteiger partial charge in [-0.25, -0.2) is 13.9 Å². The number of rotatable bonds is 7. The Bertz CT molecular complexity index is 1610. The van der Waals surface area contributed by atoms with Crippen molar-refractivity contribution in [3.05, 3.63) is 71.9 Å². The highest BCUT2D eigenvalue weighted by Crippen LogP contribution is 2.44. The van der Waals surface area contributed by atoms with Crippen molar-refractivity contribution in [3.8, 4) is 22.4 Å². The second-order valence-corrected chi connectivity index (χ2v) is 9.33. The van der Waals surface area contributed by atoms with E-state index in [0.717, 1.165) is 21.9 Å². The zero-order valence-electron chi connectivity index (χ0n) is 18.9. The van der Waals surface area contributed by atoms with E-state index in [2.05, 4.69) is 14.7 Å². The van der Waals surface area contributed by atoms with Gasteiger partial charge in [0.25, 0.3) is 0 Å². The highest BCUT2D eigenvalue weighted by Gasteiger charge is 2.28. The summed E-state index contributed by atoms with van der Waals surface area (Å²) in [7, 11) is 0. The Kier molecular flexibility index (Phi) is 5.79. The molecule has 1 atom stereocenters. The highest BCUT2D eigenvalue weighted by atomic mass is 32.2. The summed E-state index contributed by atoms with van der Waals surface area (Å²) in [4.78, 5) is 18.5. The number of aromatic nitrogens is 3. The molecular formula is C25H22FN4O4S-.